The van der Waals surface area contributed by atoms with Crippen molar-refractivity contribution in [2.75, 3.05) is 6.54 Å². The molecule has 0 spiro atoms. The van der Waals surface area contributed by atoms with E-state index in [-0.39, 0.29) is 11.9 Å². The van der Waals surface area contributed by atoms with E-state index < -0.39 is 0 Å². The first-order chi connectivity index (χ1) is 14.2. The molecule has 2 N–H and O–H groups in total. The van der Waals surface area contributed by atoms with Gasteiger partial charge in [0.25, 0.3) is 0 Å². The van der Waals surface area contributed by atoms with Crippen molar-refractivity contribution in [2.24, 2.45) is 5.73 Å². The Morgan fingerprint density at radius 1 is 0.931 bits per heavy atom. The summed E-state index contributed by atoms with van der Waals surface area (Å²) in [7, 11) is 0. The first-order valence-electron chi connectivity index (χ1n) is 9.69. The quantitative estimate of drug-likeness (QED) is 0.421. The SMILES string of the molecule is NCC(CCc1ccccc1)n1cccc2nc(SCc3ccc(F)cc3)nc1-2. The average molecular weight is 407 g/mol. The van der Waals surface area contributed by atoms with Crippen LogP contribution in [-0.2, 0) is 12.2 Å². The lowest BCUT2D eigenvalue weighted by Gasteiger charge is -2.21. The van der Waals surface area contributed by atoms with E-state index in [1.165, 1.54) is 17.7 Å². The Morgan fingerprint density at radius 3 is 2.48 bits per heavy atom. The maximum Gasteiger partial charge on any atom is 0.190 e. The van der Waals surface area contributed by atoms with Crippen molar-refractivity contribution >= 4 is 11.8 Å². The lowest BCUT2D eigenvalue weighted by molar-refractivity contribution is 0.474. The Kier molecular flexibility index (Phi) is 6.22. The summed E-state index contributed by atoms with van der Waals surface area (Å²) < 4.78 is 15.2. The van der Waals surface area contributed by atoms with E-state index >= 15 is 0 Å². The molecule has 6 heteroatoms. The molecule has 148 valence electrons. The molecule has 0 amide bonds. The number of thioether (sulfide) groups is 1. The number of pyridine rings is 1. The number of aryl methyl sites for hydroxylation is 1. The van der Waals surface area contributed by atoms with Gasteiger partial charge < -0.3 is 10.3 Å². The van der Waals surface area contributed by atoms with Crippen molar-refractivity contribution in [3.63, 3.8) is 0 Å². The maximum absolute atomic E-state index is 13.1. The molecule has 0 radical (unpaired) electrons. The lowest BCUT2D eigenvalue weighted by Crippen LogP contribution is -2.21. The summed E-state index contributed by atoms with van der Waals surface area (Å²) in [6.45, 7) is 0.543. The van der Waals surface area contributed by atoms with E-state index in [4.69, 9.17) is 10.7 Å². The number of nitrogens with two attached hydrogens (primary N) is 1. The Hall–Kier alpha value is -2.70. The molecule has 1 atom stereocenters. The van der Waals surface area contributed by atoms with Crippen LogP contribution in [0.4, 0.5) is 4.39 Å². The molecule has 2 aliphatic rings. The highest BCUT2D eigenvalue weighted by Crippen LogP contribution is 2.29. The summed E-state index contributed by atoms with van der Waals surface area (Å²) in [5, 5.41) is 0.725. The van der Waals surface area contributed by atoms with E-state index in [1.807, 2.05) is 24.4 Å². The van der Waals surface area contributed by atoms with Gasteiger partial charge in [-0.05, 0) is 48.2 Å². The molecule has 4 nitrogen and oxygen atoms in total. The van der Waals surface area contributed by atoms with Crippen LogP contribution >= 0.6 is 11.8 Å². The number of fused-ring (bicyclic) bond motifs is 1. The summed E-state index contributed by atoms with van der Waals surface area (Å²) in [6.07, 6.45) is 3.94. The number of benzene rings is 2. The zero-order chi connectivity index (χ0) is 20.1. The summed E-state index contributed by atoms with van der Waals surface area (Å²) in [5.74, 6) is 1.33. The largest absolute Gasteiger partial charge is 0.328 e. The van der Waals surface area contributed by atoms with Crippen molar-refractivity contribution in [2.45, 2.75) is 29.8 Å². The van der Waals surface area contributed by atoms with Crippen molar-refractivity contribution < 1.29 is 4.39 Å². The van der Waals surface area contributed by atoms with Crippen LogP contribution in [0.5, 0.6) is 0 Å². The van der Waals surface area contributed by atoms with Gasteiger partial charge in [0.1, 0.15) is 11.5 Å². The molecule has 0 fully saturated rings. The van der Waals surface area contributed by atoms with Crippen LogP contribution in [0, 0.1) is 5.82 Å². The number of imidazole rings is 1. The van der Waals surface area contributed by atoms with Crippen LogP contribution in [0.3, 0.4) is 0 Å². The van der Waals surface area contributed by atoms with Gasteiger partial charge in [-0.25, -0.2) is 14.4 Å². The number of nitrogens with zero attached hydrogens (tertiary/aromatic N) is 3. The highest BCUT2D eigenvalue weighted by molar-refractivity contribution is 7.98. The maximum atomic E-state index is 13.1. The van der Waals surface area contributed by atoms with Crippen molar-refractivity contribution in [1.29, 1.82) is 0 Å². The highest BCUT2D eigenvalue weighted by Gasteiger charge is 2.19. The number of halogens is 1. The minimum absolute atomic E-state index is 0.158. The van der Waals surface area contributed by atoms with Crippen molar-refractivity contribution in [1.82, 2.24) is 14.5 Å². The summed E-state index contributed by atoms with van der Waals surface area (Å²) in [5.41, 5.74) is 9.33. The average Bonchev–Trinajstić information content (AvgIpc) is 3.18. The van der Waals surface area contributed by atoms with Crippen LogP contribution < -0.4 is 5.73 Å². The predicted octanol–water partition coefficient (Wildman–Crippen LogP) is 4.95. The van der Waals surface area contributed by atoms with Crippen LogP contribution in [0.15, 0.2) is 78.1 Å². The van der Waals surface area contributed by atoms with E-state index in [0.717, 1.165) is 35.1 Å². The zero-order valence-corrected chi connectivity index (χ0v) is 16.9. The van der Waals surface area contributed by atoms with E-state index in [2.05, 4.69) is 33.8 Å². The second-order valence-electron chi connectivity index (χ2n) is 6.96. The van der Waals surface area contributed by atoms with Crippen molar-refractivity contribution in [3.8, 4) is 11.5 Å². The molecule has 2 aromatic carbocycles. The van der Waals surface area contributed by atoms with Crippen LogP contribution in [0.2, 0.25) is 0 Å². The molecule has 2 aromatic rings. The van der Waals surface area contributed by atoms with E-state index in [1.54, 1.807) is 23.9 Å². The van der Waals surface area contributed by atoms with E-state index in [9.17, 15) is 4.39 Å². The minimum atomic E-state index is -0.224. The smallest absolute Gasteiger partial charge is 0.190 e. The molecular weight excluding hydrogens is 383 g/mol. The normalized spacial score (nSPS) is 12.3. The number of hydrogen-bond acceptors (Lipinski definition) is 4. The second kappa shape index (κ2) is 9.20. The van der Waals surface area contributed by atoms with Gasteiger partial charge in [-0.3, -0.25) is 0 Å². The van der Waals surface area contributed by atoms with E-state index in [0.29, 0.717) is 12.3 Å². The van der Waals surface area contributed by atoms with Gasteiger partial charge in [0.15, 0.2) is 11.0 Å². The van der Waals surface area contributed by atoms with Gasteiger partial charge >= 0.3 is 0 Å². The highest BCUT2D eigenvalue weighted by atomic mass is 32.2. The molecule has 0 aromatic heterocycles. The molecule has 0 aliphatic carbocycles. The summed E-state index contributed by atoms with van der Waals surface area (Å²) in [6, 6.07) is 21.1. The van der Waals surface area contributed by atoms with Gasteiger partial charge in [-0.2, -0.15) is 0 Å². The Labute approximate surface area is 174 Å². The molecule has 1 unspecified atom stereocenters. The number of rotatable bonds is 8. The molecular formula is C23H23FN4S. The zero-order valence-electron chi connectivity index (χ0n) is 16.0. The first-order valence-corrected chi connectivity index (χ1v) is 10.7. The van der Waals surface area contributed by atoms with Gasteiger partial charge in [0.05, 0.1) is 0 Å². The number of hydrogen-bond donors (Lipinski definition) is 1. The summed E-state index contributed by atoms with van der Waals surface area (Å²) >= 11 is 1.55. The fourth-order valence-corrected chi connectivity index (χ4v) is 4.16. The first kappa shape index (κ1) is 19.6. The molecule has 0 saturated heterocycles. The van der Waals surface area contributed by atoms with Gasteiger partial charge in [0.2, 0.25) is 0 Å². The van der Waals surface area contributed by atoms with Crippen LogP contribution in [0.25, 0.3) is 11.5 Å². The van der Waals surface area contributed by atoms with Gasteiger partial charge in [-0.1, -0.05) is 54.2 Å². The Balaban J connectivity index is 1.49. The Bertz CT molecular complexity index is 1020. The molecule has 0 saturated carbocycles. The third-order valence-electron chi connectivity index (χ3n) is 4.95. The molecule has 0 bridgehead atoms. The van der Waals surface area contributed by atoms with Gasteiger partial charge in [-0.15, -0.1) is 0 Å². The molecule has 4 rings (SSSR count). The second-order valence-corrected chi connectivity index (χ2v) is 7.90. The third kappa shape index (κ3) is 4.83. The standard InChI is InChI=1S/C23H23FN4S/c24-19-11-8-18(9-12-19)16-29-23-26-21-7-4-14-28(22(21)27-23)20(15-25)13-10-17-5-2-1-3-6-17/h1-9,11-12,14,20H,10,13,15-16,25H2. The summed E-state index contributed by atoms with van der Waals surface area (Å²) in [4.78, 5) is 9.41. The lowest BCUT2D eigenvalue weighted by atomic mass is 10.0. The van der Waals surface area contributed by atoms with Crippen molar-refractivity contribution in [3.05, 3.63) is 89.9 Å². The number of aromatic nitrogens is 3. The fraction of sp³-hybridized carbons (Fsp3) is 0.217. The molecule has 2 aliphatic heterocycles. The Morgan fingerprint density at radius 2 is 1.72 bits per heavy atom. The van der Waals surface area contributed by atoms with Crippen LogP contribution in [-0.4, -0.2) is 21.1 Å². The molecule has 29 heavy (non-hydrogen) atoms. The van der Waals surface area contributed by atoms with Crippen LogP contribution in [0.1, 0.15) is 23.6 Å². The fourth-order valence-electron chi connectivity index (χ4n) is 3.36. The monoisotopic (exact) mass is 406 g/mol. The molecule has 2 heterocycles. The minimum Gasteiger partial charge on any atom is -0.328 e. The topological polar surface area (TPSA) is 56.7 Å². The predicted molar refractivity (Wildman–Crippen MR) is 115 cm³/mol. The van der Waals surface area contributed by atoms with Gasteiger partial charge in [0, 0.05) is 24.5 Å². The third-order valence-corrected chi connectivity index (χ3v) is 5.87.